The lowest BCUT2D eigenvalue weighted by Gasteiger charge is -2.70. The van der Waals surface area contributed by atoms with E-state index in [9.17, 15) is 24.0 Å². The zero-order valence-electron chi connectivity index (χ0n) is 42.3. The van der Waals surface area contributed by atoms with Crippen LogP contribution in [0.5, 0.6) is 5.75 Å². The van der Waals surface area contributed by atoms with E-state index in [0.717, 1.165) is 56.3 Å². The van der Waals surface area contributed by atoms with Crippen LogP contribution in [-0.4, -0.2) is 82.5 Å². The van der Waals surface area contributed by atoms with Gasteiger partial charge in [-0.05, 0) is 133 Å². The SMILES string of the molecule is COc1ccc(/C=C/C(=O)[C@H]2CC[C@@]3(C)C(CC[C@]4(C)[C@@H]3C(=O)C=C3[C@H]5C[C@@](C)(C(=O)OCc6cn(C7O[C@@H](COC(C)=O)[C@H](OC(C)=O)[C@@H]7OC(C)=O)nn6)CC[C@]5(C)CC[C@]34C)C2(C)C)cc1. The third-order valence-corrected chi connectivity index (χ3v) is 18.5. The molecule has 374 valence electrons. The summed E-state index contributed by atoms with van der Waals surface area (Å²) in [6, 6.07) is 7.69. The first-order chi connectivity index (χ1) is 32.4. The third-order valence-electron chi connectivity index (χ3n) is 18.5. The maximum absolute atomic E-state index is 15.1. The number of rotatable bonds is 12. The van der Waals surface area contributed by atoms with Crippen LogP contribution in [0.2, 0.25) is 0 Å². The molecule has 0 spiro atoms. The molecule has 1 saturated heterocycles. The molecule has 4 saturated carbocycles. The minimum Gasteiger partial charge on any atom is -0.497 e. The van der Waals surface area contributed by atoms with Crippen molar-refractivity contribution in [3.05, 3.63) is 59.4 Å². The molecule has 2 unspecified atom stereocenters. The summed E-state index contributed by atoms with van der Waals surface area (Å²) in [5.74, 6) is -1.27. The number of nitrogens with zero attached hydrogens (tertiary/aromatic N) is 3. The molecule has 0 bridgehead atoms. The van der Waals surface area contributed by atoms with Crippen molar-refractivity contribution in [2.24, 2.45) is 56.2 Å². The second-order valence-corrected chi connectivity index (χ2v) is 23.0. The predicted molar refractivity (Wildman–Crippen MR) is 251 cm³/mol. The molecule has 1 aromatic carbocycles. The van der Waals surface area contributed by atoms with Gasteiger partial charge in [0, 0.05) is 32.6 Å². The molecule has 15 nitrogen and oxygen atoms in total. The number of aromatic nitrogens is 3. The quantitative estimate of drug-likeness (QED) is 0.112. The number of fused-ring (bicyclic) bond motifs is 7. The van der Waals surface area contributed by atoms with Crippen LogP contribution in [0.1, 0.15) is 145 Å². The normalized spacial score (nSPS) is 37.8. The fourth-order valence-corrected chi connectivity index (χ4v) is 14.6. The van der Waals surface area contributed by atoms with Crippen molar-refractivity contribution in [1.82, 2.24) is 15.0 Å². The molecule has 2 heterocycles. The number of hydrogen-bond acceptors (Lipinski definition) is 14. The van der Waals surface area contributed by atoms with Crippen LogP contribution in [0, 0.1) is 56.2 Å². The number of carbonyl (C=O) groups excluding carboxylic acids is 6. The van der Waals surface area contributed by atoms with Gasteiger partial charge >= 0.3 is 23.9 Å². The lowest BCUT2D eigenvalue weighted by atomic mass is 9.33. The number of allylic oxidation sites excluding steroid dienone is 3. The highest BCUT2D eigenvalue weighted by Crippen LogP contribution is 2.75. The van der Waals surface area contributed by atoms with E-state index in [1.54, 1.807) is 13.2 Å². The van der Waals surface area contributed by atoms with Crippen LogP contribution in [-0.2, 0) is 59.1 Å². The van der Waals surface area contributed by atoms with E-state index in [-0.39, 0.29) is 81.5 Å². The monoisotopic (exact) mass is 954 g/mol. The van der Waals surface area contributed by atoms with Gasteiger partial charge in [0.2, 0.25) is 0 Å². The van der Waals surface area contributed by atoms with E-state index >= 15 is 4.79 Å². The largest absolute Gasteiger partial charge is 0.497 e. The Bertz CT molecular complexity index is 2440. The summed E-state index contributed by atoms with van der Waals surface area (Å²) >= 11 is 0. The van der Waals surface area contributed by atoms with Gasteiger partial charge in [-0.15, -0.1) is 5.10 Å². The number of esters is 4. The van der Waals surface area contributed by atoms with Crippen LogP contribution < -0.4 is 4.74 Å². The zero-order chi connectivity index (χ0) is 50.1. The Labute approximate surface area is 405 Å². The molecule has 1 aliphatic heterocycles. The van der Waals surface area contributed by atoms with Crippen LogP contribution in [0.3, 0.4) is 0 Å². The maximum Gasteiger partial charge on any atom is 0.312 e. The first-order valence-corrected chi connectivity index (χ1v) is 24.7. The highest BCUT2D eigenvalue weighted by molar-refractivity contribution is 5.97. The highest BCUT2D eigenvalue weighted by Gasteiger charge is 2.70. The van der Waals surface area contributed by atoms with E-state index in [1.165, 1.54) is 37.2 Å². The molecule has 5 fully saturated rings. The fourth-order valence-electron chi connectivity index (χ4n) is 14.6. The Morgan fingerprint density at radius 1 is 0.826 bits per heavy atom. The molecule has 15 heteroatoms. The van der Waals surface area contributed by atoms with Gasteiger partial charge in [0.1, 0.15) is 30.8 Å². The predicted octanol–water partition coefficient (Wildman–Crippen LogP) is 8.53. The maximum atomic E-state index is 15.1. The Kier molecular flexibility index (Phi) is 13.3. The smallest absolute Gasteiger partial charge is 0.312 e. The van der Waals surface area contributed by atoms with Crippen molar-refractivity contribution in [3.63, 3.8) is 0 Å². The van der Waals surface area contributed by atoms with Gasteiger partial charge in [0.25, 0.3) is 0 Å². The van der Waals surface area contributed by atoms with Crippen molar-refractivity contribution < 1.29 is 57.2 Å². The molecule has 1 aromatic heterocycles. The van der Waals surface area contributed by atoms with Crippen molar-refractivity contribution in [2.75, 3.05) is 13.7 Å². The van der Waals surface area contributed by atoms with E-state index in [0.29, 0.717) is 18.5 Å². The fraction of sp³-hybridized carbons (Fsp3) is 0.667. The van der Waals surface area contributed by atoms with Crippen molar-refractivity contribution in [1.29, 1.82) is 0 Å². The van der Waals surface area contributed by atoms with Crippen LogP contribution in [0.4, 0.5) is 0 Å². The van der Waals surface area contributed by atoms with Gasteiger partial charge in [0.15, 0.2) is 30.0 Å². The Hall–Kier alpha value is -5.18. The summed E-state index contributed by atoms with van der Waals surface area (Å²) in [7, 11) is 1.64. The topological polar surface area (TPSA) is 189 Å². The Morgan fingerprint density at radius 2 is 1.51 bits per heavy atom. The van der Waals surface area contributed by atoms with Crippen LogP contribution in [0.25, 0.3) is 6.08 Å². The molecule has 13 atom stereocenters. The highest BCUT2D eigenvalue weighted by atomic mass is 16.7. The summed E-state index contributed by atoms with van der Waals surface area (Å²) in [6.07, 6.45) is 10.2. The first kappa shape index (κ1) is 50.2. The number of ether oxygens (including phenoxy) is 6. The van der Waals surface area contributed by atoms with Crippen LogP contribution in [0.15, 0.2) is 48.2 Å². The van der Waals surface area contributed by atoms with E-state index in [4.69, 9.17) is 28.4 Å². The third kappa shape index (κ3) is 8.77. The molecule has 5 aliphatic carbocycles. The summed E-state index contributed by atoms with van der Waals surface area (Å²) in [6.45, 7) is 19.1. The van der Waals surface area contributed by atoms with Gasteiger partial charge < -0.3 is 28.4 Å². The Morgan fingerprint density at radius 3 is 2.17 bits per heavy atom. The number of methoxy groups -OCH3 is 1. The molecular weight excluding hydrogens is 883 g/mol. The molecule has 69 heavy (non-hydrogen) atoms. The molecule has 2 aromatic rings. The summed E-state index contributed by atoms with van der Waals surface area (Å²) in [5.41, 5.74) is 0.347. The summed E-state index contributed by atoms with van der Waals surface area (Å²) < 4.78 is 34.9. The van der Waals surface area contributed by atoms with Gasteiger partial charge in [-0.3, -0.25) is 28.8 Å². The number of hydrogen-bond donors (Lipinski definition) is 0. The van der Waals surface area contributed by atoms with Crippen LogP contribution >= 0.6 is 0 Å². The van der Waals surface area contributed by atoms with E-state index < -0.39 is 47.9 Å². The van der Waals surface area contributed by atoms with E-state index in [1.807, 2.05) is 43.3 Å². The lowest BCUT2D eigenvalue weighted by molar-refractivity contribution is -0.194. The minimum atomic E-state index is -1.14. The number of carbonyl (C=O) groups is 6. The average Bonchev–Trinajstić information content (AvgIpc) is 3.88. The van der Waals surface area contributed by atoms with Gasteiger partial charge in [-0.25, -0.2) is 4.68 Å². The lowest BCUT2D eigenvalue weighted by Crippen LogP contribution is -2.66. The van der Waals surface area contributed by atoms with Crippen molar-refractivity contribution in [2.45, 2.75) is 158 Å². The standard InChI is InChI=1S/C54H71N3O12/c1-31(58)65-30-42-44(67-32(2)59)45(68-33(3)60)47(69-42)57-28-35(55-56-57)29-66-48(63)51(7)23-22-50(6)24-25-53(9)38(39(50)27-51)26-41(62)46-52(8)20-18-37(49(4,5)43(52)19-21-54(46,53)10)40(61)17-14-34-12-15-36(64-11)16-13-34/h12-17,26,28,37,39,42-47H,18-25,27,29-30H2,1-11H3/b17-14+/t37-,39-,42+,43?,44+,45+,46-,47?,50-,51+,52+,53-,54-/m1/s1. The number of benzene rings is 1. The summed E-state index contributed by atoms with van der Waals surface area (Å²) in [5, 5.41) is 8.42. The molecule has 0 amide bonds. The van der Waals surface area contributed by atoms with Crippen molar-refractivity contribution in [3.8, 4) is 5.75 Å². The van der Waals surface area contributed by atoms with Gasteiger partial charge in [0.05, 0.1) is 18.7 Å². The molecule has 0 N–H and O–H groups in total. The summed E-state index contributed by atoms with van der Waals surface area (Å²) in [4.78, 5) is 79.3. The van der Waals surface area contributed by atoms with Crippen molar-refractivity contribution >= 4 is 41.5 Å². The molecule has 6 aliphatic rings. The molecular formula is C54H71N3O12. The van der Waals surface area contributed by atoms with E-state index in [2.05, 4.69) is 51.9 Å². The van der Waals surface area contributed by atoms with Gasteiger partial charge in [-0.2, -0.15) is 0 Å². The Balaban J connectivity index is 0.980. The first-order valence-electron chi connectivity index (χ1n) is 24.7. The zero-order valence-corrected chi connectivity index (χ0v) is 42.3. The average molecular weight is 954 g/mol. The second kappa shape index (κ2) is 18.2. The number of ketones is 2. The second-order valence-electron chi connectivity index (χ2n) is 23.0. The molecule has 8 rings (SSSR count). The minimum absolute atomic E-state index is 0.000728. The van der Waals surface area contributed by atoms with Gasteiger partial charge in [-0.1, -0.05) is 70.5 Å². The molecule has 0 radical (unpaired) electrons.